The van der Waals surface area contributed by atoms with E-state index >= 15 is 0 Å². The van der Waals surface area contributed by atoms with Gasteiger partial charge in [-0.3, -0.25) is 4.79 Å². The molecule has 3 heterocycles. The Labute approximate surface area is 174 Å². The molecule has 1 aliphatic heterocycles. The van der Waals surface area contributed by atoms with E-state index in [-0.39, 0.29) is 0 Å². The Morgan fingerprint density at radius 2 is 2.03 bits per heavy atom. The van der Waals surface area contributed by atoms with Gasteiger partial charge in [0.1, 0.15) is 0 Å². The molecule has 6 nitrogen and oxygen atoms in total. The van der Waals surface area contributed by atoms with Crippen molar-refractivity contribution in [2.24, 2.45) is 5.92 Å². The van der Waals surface area contributed by atoms with E-state index in [1.54, 1.807) is 0 Å². The van der Waals surface area contributed by atoms with Crippen LogP contribution in [0.25, 0.3) is 11.0 Å². The average Bonchev–Trinajstić information content (AvgIpc) is 3.36. The predicted octanol–water partition coefficient (Wildman–Crippen LogP) is 3.67. The van der Waals surface area contributed by atoms with Crippen LogP contribution < -0.4 is 0 Å². The molecule has 29 heavy (non-hydrogen) atoms. The number of hydrogen-bond donors (Lipinski definition) is 0. The number of carbonyl (C=O) groups excluding carboxylic acids is 1. The maximum Gasteiger partial charge on any atom is 0.222 e. The average molecular weight is 398 g/mol. The minimum atomic E-state index is 0.320. The standard InChI is InChI=1S/C23H35N5O/c1-26(2)15-16-28-23-20(9-6-13-24-23)22(25-28)19-12-14-27(17-19)21(29)11-10-18-7-4-3-5-8-18/h6,9,13,18-19H,3-5,7-8,10-12,14-17H2,1-2H3/t19-/m0/s1. The predicted molar refractivity (Wildman–Crippen MR) is 116 cm³/mol. The molecular formula is C23H35N5O. The van der Waals surface area contributed by atoms with Crippen molar-refractivity contribution in [2.75, 3.05) is 33.7 Å². The van der Waals surface area contributed by atoms with Gasteiger partial charge in [0.05, 0.1) is 12.2 Å². The quantitative estimate of drug-likeness (QED) is 0.715. The highest BCUT2D eigenvalue weighted by atomic mass is 16.2. The van der Waals surface area contributed by atoms with Gasteiger partial charge in [-0.15, -0.1) is 0 Å². The van der Waals surface area contributed by atoms with Crippen molar-refractivity contribution >= 4 is 16.9 Å². The molecule has 1 aliphatic carbocycles. The molecule has 0 radical (unpaired) electrons. The molecule has 0 unspecified atom stereocenters. The van der Waals surface area contributed by atoms with E-state index in [9.17, 15) is 4.79 Å². The number of carbonyl (C=O) groups is 1. The number of fused-ring (bicyclic) bond motifs is 1. The van der Waals surface area contributed by atoms with Crippen LogP contribution in [0.4, 0.5) is 0 Å². The molecule has 6 heteroatoms. The lowest BCUT2D eigenvalue weighted by Gasteiger charge is -2.22. The summed E-state index contributed by atoms with van der Waals surface area (Å²) in [5, 5.41) is 6.09. The van der Waals surface area contributed by atoms with Crippen LogP contribution in [0, 0.1) is 5.92 Å². The first-order valence-electron chi connectivity index (χ1n) is 11.4. The first-order chi connectivity index (χ1) is 14.1. The second kappa shape index (κ2) is 9.24. The van der Waals surface area contributed by atoms with E-state index in [0.717, 1.165) is 68.1 Å². The molecule has 1 atom stereocenters. The van der Waals surface area contributed by atoms with E-state index in [2.05, 4.69) is 34.9 Å². The normalized spacial score (nSPS) is 20.8. The second-order valence-electron chi connectivity index (χ2n) is 9.15. The lowest BCUT2D eigenvalue weighted by atomic mass is 9.86. The molecule has 4 rings (SSSR count). The third-order valence-corrected chi connectivity index (χ3v) is 6.71. The number of aromatic nitrogens is 3. The number of amides is 1. The van der Waals surface area contributed by atoms with E-state index in [4.69, 9.17) is 5.10 Å². The zero-order chi connectivity index (χ0) is 20.2. The zero-order valence-corrected chi connectivity index (χ0v) is 18.0. The van der Waals surface area contributed by atoms with Crippen LogP contribution in [0.2, 0.25) is 0 Å². The maximum absolute atomic E-state index is 12.8. The fourth-order valence-corrected chi connectivity index (χ4v) is 4.96. The highest BCUT2D eigenvalue weighted by molar-refractivity contribution is 5.80. The van der Waals surface area contributed by atoms with Crippen LogP contribution >= 0.6 is 0 Å². The Balaban J connectivity index is 1.40. The van der Waals surface area contributed by atoms with Crippen LogP contribution in [-0.2, 0) is 11.3 Å². The first-order valence-corrected chi connectivity index (χ1v) is 11.4. The van der Waals surface area contributed by atoms with Gasteiger partial charge in [0.15, 0.2) is 5.65 Å². The van der Waals surface area contributed by atoms with Crippen molar-refractivity contribution in [1.29, 1.82) is 0 Å². The highest BCUT2D eigenvalue weighted by Gasteiger charge is 2.31. The molecule has 0 bridgehead atoms. The van der Waals surface area contributed by atoms with E-state index < -0.39 is 0 Å². The molecule has 2 aliphatic rings. The second-order valence-corrected chi connectivity index (χ2v) is 9.15. The Hall–Kier alpha value is -1.95. The topological polar surface area (TPSA) is 54.3 Å². The van der Waals surface area contributed by atoms with Gasteiger partial charge in [-0.25, -0.2) is 9.67 Å². The number of nitrogens with zero attached hydrogens (tertiary/aromatic N) is 5. The fraction of sp³-hybridized carbons (Fsp3) is 0.696. The zero-order valence-electron chi connectivity index (χ0n) is 18.0. The molecule has 0 spiro atoms. The van der Waals surface area contributed by atoms with Crippen molar-refractivity contribution in [3.05, 3.63) is 24.0 Å². The minimum Gasteiger partial charge on any atom is -0.342 e. The lowest BCUT2D eigenvalue weighted by molar-refractivity contribution is -0.130. The summed E-state index contributed by atoms with van der Waals surface area (Å²) in [7, 11) is 4.15. The third-order valence-electron chi connectivity index (χ3n) is 6.71. The van der Waals surface area contributed by atoms with E-state index in [0.29, 0.717) is 11.8 Å². The molecule has 1 amide bonds. The summed E-state index contributed by atoms with van der Waals surface area (Å²) in [6.07, 6.45) is 11.4. The van der Waals surface area contributed by atoms with Crippen LogP contribution in [-0.4, -0.2) is 64.2 Å². The Morgan fingerprint density at radius 1 is 1.21 bits per heavy atom. The van der Waals surface area contributed by atoms with Gasteiger partial charge in [0, 0.05) is 43.6 Å². The SMILES string of the molecule is CN(C)CCn1nc([C@H]2CCN(C(=O)CCC3CCCCC3)C2)c2cccnc21. The maximum atomic E-state index is 12.8. The van der Waals surface area contributed by atoms with Gasteiger partial charge < -0.3 is 9.80 Å². The van der Waals surface area contributed by atoms with Gasteiger partial charge in [-0.2, -0.15) is 5.10 Å². The largest absolute Gasteiger partial charge is 0.342 e. The Kier molecular flexibility index (Phi) is 6.48. The number of pyridine rings is 1. The van der Waals surface area contributed by atoms with Gasteiger partial charge in [0.2, 0.25) is 5.91 Å². The van der Waals surface area contributed by atoms with Crippen molar-refractivity contribution in [3.63, 3.8) is 0 Å². The number of rotatable bonds is 7. The molecule has 158 valence electrons. The Morgan fingerprint density at radius 3 is 2.83 bits per heavy atom. The molecule has 2 aromatic rings. The lowest BCUT2D eigenvalue weighted by Crippen LogP contribution is -2.29. The summed E-state index contributed by atoms with van der Waals surface area (Å²) in [4.78, 5) is 21.6. The fourth-order valence-electron chi connectivity index (χ4n) is 4.96. The first kappa shape index (κ1) is 20.3. The van der Waals surface area contributed by atoms with Crippen molar-refractivity contribution < 1.29 is 4.79 Å². The molecule has 0 aromatic carbocycles. The number of hydrogen-bond acceptors (Lipinski definition) is 4. The van der Waals surface area contributed by atoms with E-state index in [1.807, 2.05) is 16.9 Å². The van der Waals surface area contributed by atoms with Crippen molar-refractivity contribution in [2.45, 2.75) is 63.8 Å². The smallest absolute Gasteiger partial charge is 0.222 e. The van der Waals surface area contributed by atoms with Crippen molar-refractivity contribution in [1.82, 2.24) is 24.6 Å². The van der Waals surface area contributed by atoms with Gasteiger partial charge in [-0.1, -0.05) is 32.1 Å². The van der Waals surface area contributed by atoms with Gasteiger partial charge in [0.25, 0.3) is 0 Å². The van der Waals surface area contributed by atoms with Gasteiger partial charge in [-0.05, 0) is 45.0 Å². The van der Waals surface area contributed by atoms with E-state index in [1.165, 1.54) is 32.1 Å². The molecule has 2 aromatic heterocycles. The molecule has 0 N–H and O–H groups in total. The number of likely N-dealkylation sites (N-methyl/N-ethyl adjacent to an activating group) is 1. The van der Waals surface area contributed by atoms with Crippen LogP contribution in [0.15, 0.2) is 18.3 Å². The summed E-state index contributed by atoms with van der Waals surface area (Å²) < 4.78 is 2.04. The monoisotopic (exact) mass is 397 g/mol. The minimum absolute atomic E-state index is 0.320. The molecular weight excluding hydrogens is 362 g/mol. The molecule has 1 saturated carbocycles. The highest BCUT2D eigenvalue weighted by Crippen LogP contribution is 2.32. The number of likely N-dealkylation sites (tertiary alicyclic amines) is 1. The summed E-state index contributed by atoms with van der Waals surface area (Å²) >= 11 is 0. The van der Waals surface area contributed by atoms with Crippen LogP contribution in [0.3, 0.4) is 0 Å². The Bertz CT molecular complexity index is 824. The van der Waals surface area contributed by atoms with Crippen LogP contribution in [0.5, 0.6) is 0 Å². The third kappa shape index (κ3) is 4.80. The summed E-state index contributed by atoms with van der Waals surface area (Å²) in [6.45, 7) is 3.43. The summed E-state index contributed by atoms with van der Waals surface area (Å²) in [5.41, 5.74) is 2.08. The summed E-state index contributed by atoms with van der Waals surface area (Å²) in [5.74, 6) is 1.43. The van der Waals surface area contributed by atoms with Crippen LogP contribution in [0.1, 0.15) is 63.0 Å². The molecule has 1 saturated heterocycles. The van der Waals surface area contributed by atoms with Gasteiger partial charge >= 0.3 is 0 Å². The summed E-state index contributed by atoms with van der Waals surface area (Å²) in [6, 6.07) is 4.12. The molecule has 2 fully saturated rings. The van der Waals surface area contributed by atoms with Crippen molar-refractivity contribution in [3.8, 4) is 0 Å².